The number of anilines is 5. The number of fused-ring (bicyclic) bond motifs is 1. The molecule has 10 heteroatoms. The molecule has 7 nitrogen and oxygen atoms in total. The van der Waals surface area contributed by atoms with E-state index >= 15 is 0 Å². The summed E-state index contributed by atoms with van der Waals surface area (Å²) in [6.07, 6.45) is -0.936. The van der Waals surface area contributed by atoms with Gasteiger partial charge >= 0.3 is 12.2 Å². The number of H-pyrrole nitrogens is 1. The Labute approximate surface area is 215 Å². The number of alkyl halides is 3. The number of rotatable bonds is 5. The molecule has 38 heavy (non-hydrogen) atoms. The van der Waals surface area contributed by atoms with E-state index in [2.05, 4.69) is 26.3 Å². The topological polar surface area (TPSA) is 98.0 Å². The molecular weight excluding hydrogens is 495 g/mol. The summed E-state index contributed by atoms with van der Waals surface area (Å²) < 4.78 is 38.9. The highest BCUT2D eigenvalue weighted by atomic mass is 19.4. The number of carbonyl (C=O) groups excluding carboxylic acids is 2. The van der Waals surface area contributed by atoms with Crippen LogP contribution < -0.4 is 21.3 Å². The van der Waals surface area contributed by atoms with Gasteiger partial charge < -0.3 is 26.3 Å². The van der Waals surface area contributed by atoms with Crippen LogP contribution >= 0.6 is 0 Å². The molecule has 192 valence electrons. The van der Waals surface area contributed by atoms with Gasteiger partial charge in [0.25, 0.3) is 5.91 Å². The number of amides is 3. The molecule has 0 saturated heterocycles. The first kappa shape index (κ1) is 24.7. The van der Waals surface area contributed by atoms with Gasteiger partial charge in [0.2, 0.25) is 0 Å². The Kier molecular flexibility index (Phi) is 6.38. The predicted octanol–water partition coefficient (Wildman–Crippen LogP) is 7.22. The lowest BCUT2D eigenvalue weighted by Gasteiger charge is -2.14. The van der Waals surface area contributed by atoms with Crippen LogP contribution in [0.5, 0.6) is 0 Å². The quantitative estimate of drug-likeness (QED) is 0.181. The number of urea groups is 1. The Morgan fingerprint density at radius 2 is 1.68 bits per heavy atom. The van der Waals surface area contributed by atoms with Crippen LogP contribution in [-0.4, -0.2) is 16.9 Å². The molecule has 0 fully saturated rings. The molecule has 0 aliphatic carbocycles. The van der Waals surface area contributed by atoms with Crippen LogP contribution in [0.2, 0.25) is 0 Å². The predicted molar refractivity (Wildman–Crippen MR) is 142 cm³/mol. The molecule has 0 bridgehead atoms. The third-order valence-electron chi connectivity index (χ3n) is 5.95. The van der Waals surface area contributed by atoms with Gasteiger partial charge in [0, 0.05) is 40.2 Å². The second kappa shape index (κ2) is 9.81. The molecular formula is C28H22F3N5O2. The Morgan fingerprint density at radius 1 is 0.895 bits per heavy atom. The lowest BCUT2D eigenvalue weighted by Crippen LogP contribution is -2.20. The molecule has 2 heterocycles. The van der Waals surface area contributed by atoms with Gasteiger partial charge in [-0.05, 0) is 73.2 Å². The molecule has 1 aliphatic rings. The van der Waals surface area contributed by atoms with Gasteiger partial charge in [-0.2, -0.15) is 13.2 Å². The molecule has 5 rings (SSSR count). The van der Waals surface area contributed by atoms with Crippen molar-refractivity contribution < 1.29 is 22.8 Å². The summed E-state index contributed by atoms with van der Waals surface area (Å²) in [4.78, 5) is 28.0. The van der Waals surface area contributed by atoms with Gasteiger partial charge in [-0.1, -0.05) is 18.2 Å². The molecule has 3 aromatic carbocycles. The second-order valence-electron chi connectivity index (χ2n) is 8.71. The largest absolute Gasteiger partial charge is 0.416 e. The van der Waals surface area contributed by atoms with Crippen molar-refractivity contribution in [1.29, 1.82) is 0 Å². The van der Waals surface area contributed by atoms with Gasteiger partial charge in [-0.15, -0.1) is 0 Å². The summed E-state index contributed by atoms with van der Waals surface area (Å²) >= 11 is 0. The molecule has 3 amide bonds. The zero-order valence-electron chi connectivity index (χ0n) is 20.0. The van der Waals surface area contributed by atoms with Gasteiger partial charge in [-0.3, -0.25) is 4.79 Å². The zero-order valence-corrected chi connectivity index (χ0v) is 20.0. The Hall–Kier alpha value is -4.99. The van der Waals surface area contributed by atoms with E-state index in [0.29, 0.717) is 28.3 Å². The third-order valence-corrected chi connectivity index (χ3v) is 5.95. The summed E-state index contributed by atoms with van der Waals surface area (Å²) in [5.41, 5.74) is 4.62. The van der Waals surface area contributed by atoms with E-state index in [1.165, 1.54) is 12.1 Å². The lowest BCUT2D eigenvalue weighted by atomic mass is 10.1. The molecule has 0 unspecified atom stereocenters. The van der Waals surface area contributed by atoms with Crippen molar-refractivity contribution >= 4 is 52.0 Å². The fourth-order valence-electron chi connectivity index (χ4n) is 4.06. The SMILES string of the molecule is Cc1ccc(Nc2ccc3c(c2)NC(=O)C3=Cc2ccc[nH]2)cc1NC(=O)Nc1cccc(C(F)(F)F)c1. The molecule has 1 aliphatic heterocycles. The van der Waals surface area contributed by atoms with Crippen molar-refractivity contribution in [2.45, 2.75) is 13.1 Å². The summed E-state index contributed by atoms with van der Waals surface area (Å²) in [7, 11) is 0. The molecule has 1 aromatic heterocycles. The van der Waals surface area contributed by atoms with Crippen LogP contribution in [-0.2, 0) is 11.0 Å². The number of hydrogen-bond acceptors (Lipinski definition) is 3. The molecule has 0 saturated carbocycles. The van der Waals surface area contributed by atoms with E-state index in [1.807, 2.05) is 36.4 Å². The molecule has 0 radical (unpaired) electrons. The first-order chi connectivity index (χ1) is 18.2. The summed E-state index contributed by atoms with van der Waals surface area (Å²) in [6.45, 7) is 1.80. The van der Waals surface area contributed by atoms with Crippen LogP contribution in [0.25, 0.3) is 11.6 Å². The smallest absolute Gasteiger partial charge is 0.362 e. The van der Waals surface area contributed by atoms with E-state index in [-0.39, 0.29) is 11.6 Å². The summed E-state index contributed by atoms with van der Waals surface area (Å²) in [6, 6.07) is 18.3. The number of hydrogen-bond donors (Lipinski definition) is 5. The number of aromatic nitrogens is 1. The monoisotopic (exact) mass is 517 g/mol. The van der Waals surface area contributed by atoms with Crippen LogP contribution in [0.3, 0.4) is 0 Å². The molecule has 0 spiro atoms. The summed E-state index contributed by atoms with van der Waals surface area (Å²) in [5, 5.41) is 11.2. The van der Waals surface area contributed by atoms with Gasteiger partial charge in [-0.25, -0.2) is 4.79 Å². The van der Waals surface area contributed by atoms with Crippen molar-refractivity contribution in [3.05, 3.63) is 101 Å². The maximum absolute atomic E-state index is 13.0. The number of aryl methyl sites for hydroxylation is 1. The van der Waals surface area contributed by atoms with E-state index in [0.717, 1.165) is 29.0 Å². The average Bonchev–Trinajstić information content (AvgIpc) is 3.48. The number of nitrogens with one attached hydrogen (secondary N) is 5. The maximum Gasteiger partial charge on any atom is 0.416 e. The highest BCUT2D eigenvalue weighted by Gasteiger charge is 2.30. The van der Waals surface area contributed by atoms with Crippen molar-refractivity contribution in [3.63, 3.8) is 0 Å². The van der Waals surface area contributed by atoms with E-state index in [4.69, 9.17) is 0 Å². The first-order valence-electron chi connectivity index (χ1n) is 11.6. The van der Waals surface area contributed by atoms with Gasteiger partial charge in [0.1, 0.15) is 0 Å². The normalized spacial score (nSPS) is 13.7. The minimum absolute atomic E-state index is 0.0223. The third kappa shape index (κ3) is 5.39. The number of aromatic amines is 1. The second-order valence-corrected chi connectivity index (χ2v) is 8.71. The Balaban J connectivity index is 1.29. The lowest BCUT2D eigenvalue weighted by molar-refractivity contribution is -0.137. The van der Waals surface area contributed by atoms with Gasteiger partial charge in [0.05, 0.1) is 16.8 Å². The standard InChI is InChI=1S/C28H22F3N5O2/c1-16-7-8-20(14-24(16)36-27(38)34-19-5-2-4-17(12-19)28(29,30)31)33-21-9-10-22-23(13-18-6-3-11-32-18)26(37)35-25(22)15-21/h2-15,32-33H,1H3,(H,35,37)(H2,34,36,38). The van der Waals surface area contributed by atoms with Crippen molar-refractivity contribution in [1.82, 2.24) is 4.98 Å². The Bertz CT molecular complexity index is 1560. The van der Waals surface area contributed by atoms with E-state index in [9.17, 15) is 22.8 Å². The van der Waals surface area contributed by atoms with Crippen molar-refractivity contribution in [2.75, 3.05) is 21.3 Å². The van der Waals surface area contributed by atoms with Crippen LogP contribution in [0.1, 0.15) is 22.4 Å². The summed E-state index contributed by atoms with van der Waals surface area (Å²) in [5.74, 6) is -0.194. The number of halogens is 3. The van der Waals surface area contributed by atoms with E-state index < -0.39 is 17.8 Å². The van der Waals surface area contributed by atoms with Crippen LogP contribution in [0.4, 0.5) is 46.4 Å². The fraction of sp³-hybridized carbons (Fsp3) is 0.0714. The van der Waals surface area contributed by atoms with Crippen LogP contribution in [0.15, 0.2) is 79.0 Å². The number of carbonyl (C=O) groups is 2. The molecule has 4 aromatic rings. The van der Waals surface area contributed by atoms with E-state index in [1.54, 1.807) is 31.3 Å². The average molecular weight is 518 g/mol. The van der Waals surface area contributed by atoms with Crippen molar-refractivity contribution in [2.24, 2.45) is 0 Å². The van der Waals surface area contributed by atoms with Gasteiger partial charge in [0.15, 0.2) is 0 Å². The highest BCUT2D eigenvalue weighted by Crippen LogP contribution is 2.36. The highest BCUT2D eigenvalue weighted by molar-refractivity contribution is 6.35. The first-order valence-corrected chi connectivity index (χ1v) is 11.6. The minimum Gasteiger partial charge on any atom is -0.362 e. The number of benzene rings is 3. The maximum atomic E-state index is 13.0. The minimum atomic E-state index is -4.51. The Morgan fingerprint density at radius 3 is 2.45 bits per heavy atom. The molecule has 0 atom stereocenters. The van der Waals surface area contributed by atoms with Crippen LogP contribution in [0, 0.1) is 6.92 Å². The molecule has 5 N–H and O–H groups in total. The van der Waals surface area contributed by atoms with Crippen molar-refractivity contribution in [3.8, 4) is 0 Å². The fourth-order valence-corrected chi connectivity index (χ4v) is 4.06. The zero-order chi connectivity index (χ0) is 26.9.